The van der Waals surface area contributed by atoms with Crippen LogP contribution in [-0.2, 0) is 6.54 Å². The highest BCUT2D eigenvalue weighted by Crippen LogP contribution is 2.37. The van der Waals surface area contributed by atoms with Gasteiger partial charge in [-0.3, -0.25) is 4.79 Å². The van der Waals surface area contributed by atoms with Crippen LogP contribution in [0.15, 0.2) is 36.4 Å². The van der Waals surface area contributed by atoms with Crippen molar-refractivity contribution < 1.29 is 19.2 Å². The Bertz CT molecular complexity index is 846. The standard InChI is InChI=1S/C22H25ClN2O3/c1-16(26)18-3-5-19(6-4-18)25-9-7-24(8-10-25)15-17-13-20(23)22-21(14-17)27-11-2-12-28-22/h3-6,13-14H,2,7-12,15H2,1H3/p+1. The van der Waals surface area contributed by atoms with Crippen LogP contribution in [0.5, 0.6) is 11.5 Å². The molecule has 0 amide bonds. The SMILES string of the molecule is CC(=O)c1ccc(N2CC[NH+](Cc3cc(Cl)c4c(c3)OCCCO4)CC2)cc1. The average molecular weight is 402 g/mol. The Hall–Kier alpha value is -2.24. The van der Waals surface area contributed by atoms with Crippen LogP contribution in [0, 0.1) is 0 Å². The Labute approximate surface area is 170 Å². The number of ketones is 1. The van der Waals surface area contributed by atoms with Gasteiger partial charge in [0.25, 0.3) is 0 Å². The maximum atomic E-state index is 11.4. The molecule has 0 saturated carbocycles. The van der Waals surface area contributed by atoms with E-state index in [0.29, 0.717) is 24.0 Å². The number of carbonyl (C=O) groups excluding carboxylic acids is 1. The first-order valence-electron chi connectivity index (χ1n) is 9.88. The predicted molar refractivity (Wildman–Crippen MR) is 110 cm³/mol. The summed E-state index contributed by atoms with van der Waals surface area (Å²) in [6, 6.07) is 12.0. The number of hydrogen-bond donors (Lipinski definition) is 1. The number of benzene rings is 2. The van der Waals surface area contributed by atoms with Crippen molar-refractivity contribution in [3.63, 3.8) is 0 Å². The largest absolute Gasteiger partial charge is 0.489 e. The molecule has 0 spiro atoms. The maximum Gasteiger partial charge on any atom is 0.179 e. The van der Waals surface area contributed by atoms with E-state index in [1.807, 2.05) is 30.3 Å². The minimum Gasteiger partial charge on any atom is -0.489 e. The smallest absolute Gasteiger partial charge is 0.179 e. The van der Waals surface area contributed by atoms with E-state index in [4.69, 9.17) is 21.1 Å². The Morgan fingerprint density at radius 1 is 1.11 bits per heavy atom. The Morgan fingerprint density at radius 2 is 1.82 bits per heavy atom. The zero-order chi connectivity index (χ0) is 19.5. The van der Waals surface area contributed by atoms with Gasteiger partial charge in [-0.05, 0) is 43.3 Å². The molecule has 2 aromatic carbocycles. The highest BCUT2D eigenvalue weighted by atomic mass is 35.5. The number of carbonyl (C=O) groups is 1. The van der Waals surface area contributed by atoms with Gasteiger partial charge < -0.3 is 19.3 Å². The number of ether oxygens (including phenoxy) is 2. The zero-order valence-corrected chi connectivity index (χ0v) is 16.9. The number of hydrogen-bond acceptors (Lipinski definition) is 4. The molecule has 2 heterocycles. The molecule has 6 heteroatoms. The van der Waals surface area contributed by atoms with Gasteiger partial charge in [-0.15, -0.1) is 0 Å². The predicted octanol–water partition coefficient (Wildman–Crippen LogP) is 2.61. The Balaban J connectivity index is 1.37. The summed E-state index contributed by atoms with van der Waals surface area (Å²) < 4.78 is 11.5. The van der Waals surface area contributed by atoms with Gasteiger partial charge in [-0.25, -0.2) is 0 Å². The van der Waals surface area contributed by atoms with Crippen LogP contribution < -0.4 is 19.3 Å². The molecule has 148 valence electrons. The first kappa shape index (κ1) is 19.1. The number of rotatable bonds is 4. The fourth-order valence-corrected chi connectivity index (χ4v) is 4.13. The van der Waals surface area contributed by atoms with Crippen molar-refractivity contribution in [3.8, 4) is 11.5 Å². The minimum absolute atomic E-state index is 0.106. The molecule has 2 aromatic rings. The van der Waals surface area contributed by atoms with Crippen molar-refractivity contribution in [2.45, 2.75) is 19.9 Å². The lowest BCUT2D eigenvalue weighted by molar-refractivity contribution is -0.914. The maximum absolute atomic E-state index is 11.4. The van der Waals surface area contributed by atoms with Gasteiger partial charge in [0.2, 0.25) is 0 Å². The summed E-state index contributed by atoms with van der Waals surface area (Å²) >= 11 is 6.43. The molecular formula is C22H26ClN2O3+. The molecule has 0 radical (unpaired) electrons. The van der Waals surface area contributed by atoms with Crippen LogP contribution in [-0.4, -0.2) is 45.2 Å². The van der Waals surface area contributed by atoms with E-state index in [1.165, 1.54) is 16.2 Å². The molecule has 1 fully saturated rings. The molecule has 28 heavy (non-hydrogen) atoms. The number of anilines is 1. The van der Waals surface area contributed by atoms with E-state index in [1.54, 1.807) is 6.92 Å². The Morgan fingerprint density at radius 3 is 2.54 bits per heavy atom. The van der Waals surface area contributed by atoms with E-state index in [-0.39, 0.29) is 5.78 Å². The normalized spacial score (nSPS) is 17.3. The summed E-state index contributed by atoms with van der Waals surface area (Å²) in [6.07, 6.45) is 0.876. The number of nitrogens with zero attached hydrogens (tertiary/aromatic N) is 1. The van der Waals surface area contributed by atoms with Gasteiger partial charge in [-0.2, -0.15) is 0 Å². The van der Waals surface area contributed by atoms with Crippen LogP contribution in [0.2, 0.25) is 5.02 Å². The first-order chi connectivity index (χ1) is 13.6. The van der Waals surface area contributed by atoms with Gasteiger partial charge in [0.05, 0.1) is 44.4 Å². The molecule has 0 aromatic heterocycles. The molecule has 1 N–H and O–H groups in total. The molecule has 4 rings (SSSR count). The fraction of sp³-hybridized carbons (Fsp3) is 0.409. The second-order valence-electron chi connectivity index (χ2n) is 7.47. The molecule has 2 aliphatic heterocycles. The summed E-state index contributed by atoms with van der Waals surface area (Å²) in [5.41, 5.74) is 3.13. The number of nitrogens with one attached hydrogen (secondary N) is 1. The molecule has 0 atom stereocenters. The minimum atomic E-state index is 0.106. The second kappa shape index (κ2) is 8.41. The summed E-state index contributed by atoms with van der Waals surface area (Å²) in [5.74, 6) is 1.55. The van der Waals surface area contributed by atoms with Crippen molar-refractivity contribution in [2.75, 3.05) is 44.3 Å². The summed E-state index contributed by atoms with van der Waals surface area (Å²) in [7, 11) is 0. The lowest BCUT2D eigenvalue weighted by atomic mass is 10.1. The van der Waals surface area contributed by atoms with E-state index in [9.17, 15) is 4.79 Å². The molecule has 5 nitrogen and oxygen atoms in total. The number of fused-ring (bicyclic) bond motifs is 1. The number of quaternary nitrogens is 1. The average Bonchev–Trinajstić information content (AvgIpc) is 2.95. The molecule has 0 aliphatic carbocycles. The molecule has 1 saturated heterocycles. The second-order valence-corrected chi connectivity index (χ2v) is 7.88. The highest BCUT2D eigenvalue weighted by Gasteiger charge is 2.22. The number of piperazine rings is 1. The quantitative estimate of drug-likeness (QED) is 0.800. The summed E-state index contributed by atoms with van der Waals surface area (Å²) in [4.78, 5) is 15.4. The van der Waals surface area contributed by atoms with Crippen LogP contribution in [0.4, 0.5) is 5.69 Å². The first-order valence-corrected chi connectivity index (χ1v) is 10.3. The Kier molecular flexibility index (Phi) is 5.74. The number of Topliss-reactive ketones (excluding diaryl/α,β-unsaturated/α-hetero) is 1. The van der Waals surface area contributed by atoms with E-state index < -0.39 is 0 Å². The molecule has 2 aliphatic rings. The molecule has 0 unspecified atom stereocenters. The fourth-order valence-electron chi connectivity index (χ4n) is 3.84. The topological polar surface area (TPSA) is 43.2 Å². The zero-order valence-electron chi connectivity index (χ0n) is 16.2. The lowest BCUT2D eigenvalue weighted by Gasteiger charge is -2.33. The van der Waals surface area contributed by atoms with Crippen LogP contribution in [0.1, 0.15) is 29.3 Å². The third-order valence-electron chi connectivity index (χ3n) is 5.43. The van der Waals surface area contributed by atoms with Gasteiger partial charge in [-0.1, -0.05) is 11.6 Å². The van der Waals surface area contributed by atoms with Gasteiger partial charge in [0.1, 0.15) is 6.54 Å². The number of halogens is 1. The van der Waals surface area contributed by atoms with Gasteiger partial charge in [0.15, 0.2) is 17.3 Å². The van der Waals surface area contributed by atoms with Crippen molar-refractivity contribution in [3.05, 3.63) is 52.5 Å². The van der Waals surface area contributed by atoms with Gasteiger partial charge in [0, 0.05) is 23.2 Å². The highest BCUT2D eigenvalue weighted by molar-refractivity contribution is 6.32. The lowest BCUT2D eigenvalue weighted by Crippen LogP contribution is -3.13. The van der Waals surface area contributed by atoms with Crippen LogP contribution in [0.25, 0.3) is 0 Å². The van der Waals surface area contributed by atoms with Crippen molar-refractivity contribution in [1.82, 2.24) is 0 Å². The van der Waals surface area contributed by atoms with Crippen LogP contribution >= 0.6 is 11.6 Å². The van der Waals surface area contributed by atoms with E-state index in [2.05, 4.69) is 11.0 Å². The monoisotopic (exact) mass is 401 g/mol. The molecule has 0 bridgehead atoms. The van der Waals surface area contributed by atoms with Crippen molar-refractivity contribution >= 4 is 23.1 Å². The van der Waals surface area contributed by atoms with E-state index in [0.717, 1.165) is 50.5 Å². The third-order valence-corrected chi connectivity index (χ3v) is 5.71. The van der Waals surface area contributed by atoms with E-state index >= 15 is 0 Å². The van der Waals surface area contributed by atoms with Crippen molar-refractivity contribution in [1.29, 1.82) is 0 Å². The van der Waals surface area contributed by atoms with Crippen LogP contribution in [0.3, 0.4) is 0 Å². The van der Waals surface area contributed by atoms with Crippen molar-refractivity contribution in [2.24, 2.45) is 0 Å². The summed E-state index contributed by atoms with van der Waals surface area (Å²) in [5, 5.41) is 0.637. The van der Waals surface area contributed by atoms with Gasteiger partial charge >= 0.3 is 0 Å². The molecular weight excluding hydrogens is 376 g/mol. The third kappa shape index (κ3) is 4.26. The summed E-state index contributed by atoms with van der Waals surface area (Å²) in [6.45, 7) is 7.94.